The van der Waals surface area contributed by atoms with Gasteiger partial charge in [0.1, 0.15) is 34.5 Å². The second kappa shape index (κ2) is 31.3. The zero-order valence-electron chi connectivity index (χ0n) is 50.0. The molecule has 0 amide bonds. The maximum absolute atomic E-state index is 13.0. The zero-order chi connectivity index (χ0) is 64.3. The molecule has 12 nitrogen and oxygen atoms in total. The molecule has 88 heavy (non-hydrogen) atoms. The molecule has 0 aliphatic heterocycles. The summed E-state index contributed by atoms with van der Waals surface area (Å²) in [5.74, 6) is -2.17. The Hall–Kier alpha value is -6.54. The van der Waals surface area contributed by atoms with Crippen LogP contribution in [0.1, 0.15) is 131 Å². The van der Waals surface area contributed by atoms with Crippen LogP contribution in [0.4, 0.5) is 0 Å². The molecule has 0 unspecified atom stereocenters. The van der Waals surface area contributed by atoms with Gasteiger partial charge in [-0.1, -0.05) is 166 Å². The average molecular weight is 1570 g/mol. The summed E-state index contributed by atoms with van der Waals surface area (Å²) in [5.41, 5.74) is 11.9. The highest BCUT2D eigenvalue weighted by molar-refractivity contribution is 9.11. The molecular weight excluding hydrogens is 1510 g/mol. The van der Waals surface area contributed by atoms with Crippen LogP contribution in [0.5, 0.6) is 34.5 Å². The molecule has 9 rings (SSSR count). The highest BCUT2D eigenvalue weighted by atomic mass is 79.9. The van der Waals surface area contributed by atoms with Gasteiger partial charge in [0.25, 0.3) is 0 Å². The fourth-order valence-electron chi connectivity index (χ4n) is 10.3. The lowest BCUT2D eigenvalue weighted by Gasteiger charge is -2.22. The van der Waals surface area contributed by atoms with Crippen molar-refractivity contribution < 1.29 is 57.2 Å². The topological polar surface area (TPSA) is 158 Å². The normalized spacial score (nSPS) is 11.6. The molecule has 456 valence electrons. The Bertz CT molecular complexity index is 3270. The van der Waals surface area contributed by atoms with Crippen molar-refractivity contribution in [1.29, 1.82) is 0 Å². The molecule has 1 aliphatic carbocycles. The van der Waals surface area contributed by atoms with Crippen molar-refractivity contribution in [3.05, 3.63) is 237 Å². The third-order valence-electron chi connectivity index (χ3n) is 13.4. The minimum Gasteiger partial charge on any atom is -0.426 e. The summed E-state index contributed by atoms with van der Waals surface area (Å²) >= 11 is 22.1. The maximum Gasteiger partial charge on any atom is 0.308 e. The number of halogens is 6. The molecule has 0 aromatic heterocycles. The maximum atomic E-state index is 13.0. The Morgan fingerprint density at radius 2 is 0.375 bits per heavy atom. The van der Waals surface area contributed by atoms with Gasteiger partial charge in [0, 0.05) is 174 Å². The van der Waals surface area contributed by atoms with E-state index in [1.54, 1.807) is 0 Å². The van der Waals surface area contributed by atoms with E-state index in [2.05, 4.69) is 172 Å². The number of ether oxygens (including phenoxy) is 6. The fraction of sp³-hybridized carbons (Fsp3) is 0.229. The fourth-order valence-corrected chi connectivity index (χ4v) is 13.7. The van der Waals surface area contributed by atoms with Gasteiger partial charge in [-0.15, -0.1) is 0 Å². The van der Waals surface area contributed by atoms with Crippen molar-refractivity contribution >= 4 is 131 Å². The summed E-state index contributed by atoms with van der Waals surface area (Å²) in [7, 11) is 0. The Labute approximate surface area is 563 Å². The lowest BCUT2D eigenvalue weighted by atomic mass is 9.91. The molecule has 0 saturated carbocycles. The third kappa shape index (κ3) is 19.7. The van der Waals surface area contributed by atoms with E-state index in [1.165, 1.54) is 63.8 Å². The van der Waals surface area contributed by atoms with E-state index in [-0.39, 0.29) is 73.0 Å². The van der Waals surface area contributed by atoms with Crippen molar-refractivity contribution in [2.24, 2.45) is 0 Å². The molecule has 0 saturated heterocycles. The molecule has 1 aliphatic rings. The minimum atomic E-state index is -0.594. The van der Waals surface area contributed by atoms with Crippen LogP contribution in [-0.2, 0) is 67.3 Å². The van der Waals surface area contributed by atoms with Gasteiger partial charge in [0.05, 0.1) is 0 Å². The number of fused-ring (bicyclic) bond motifs is 12. The first kappa shape index (κ1) is 68.9. The smallest absolute Gasteiger partial charge is 0.308 e. The van der Waals surface area contributed by atoms with Crippen LogP contribution in [0, 0.1) is 27.7 Å². The number of esters is 6. The van der Waals surface area contributed by atoms with Gasteiger partial charge in [0.2, 0.25) is 0 Å². The molecule has 0 N–H and O–H groups in total. The summed E-state index contributed by atoms with van der Waals surface area (Å²) < 4.78 is 40.1. The molecule has 8 aromatic rings. The summed E-state index contributed by atoms with van der Waals surface area (Å²) in [5, 5.41) is 0. The highest BCUT2D eigenvalue weighted by Crippen LogP contribution is 2.44. The predicted molar refractivity (Wildman–Crippen MR) is 361 cm³/mol. The first-order valence-electron chi connectivity index (χ1n) is 27.6. The van der Waals surface area contributed by atoms with Crippen LogP contribution in [-0.4, -0.2) is 35.8 Å². The van der Waals surface area contributed by atoms with Crippen LogP contribution in [0.3, 0.4) is 0 Å². The summed E-state index contributed by atoms with van der Waals surface area (Å²) in [6.45, 7) is 16.2. The lowest BCUT2D eigenvalue weighted by molar-refractivity contribution is -0.133. The molecule has 0 radical (unpaired) electrons. The third-order valence-corrected chi connectivity index (χ3v) is 16.1. The SMILES string of the molecule is CC(=O)Oc1c2cc(Br)cc1Cc1cc(Br)cc(c1OC(C)=O)Cc1cc(Br)cc(c1OC(C)=O)Cc1cc(Br)cc(c1OC(C)=O)Cc1cc(Br)cc(c1OC(C)=O)Cc1cc(Br)cc(c1OC(C)=O)C2.Cc1cccc(C)c1.Cc1cccc(C)c1. The lowest BCUT2D eigenvalue weighted by Crippen LogP contribution is -2.13. The quantitative estimate of drug-likeness (QED) is 0.115. The van der Waals surface area contributed by atoms with Crippen molar-refractivity contribution in [2.75, 3.05) is 0 Å². The molecule has 18 heteroatoms. The average Bonchev–Trinajstić information content (AvgIpc) is 1.02. The predicted octanol–water partition coefficient (Wildman–Crippen LogP) is 18.3. The van der Waals surface area contributed by atoms with E-state index < -0.39 is 35.8 Å². The van der Waals surface area contributed by atoms with E-state index in [0.29, 0.717) is 93.6 Å². The summed E-state index contributed by atoms with van der Waals surface area (Å²) in [6.07, 6.45) is 0.497. The van der Waals surface area contributed by atoms with Crippen molar-refractivity contribution in [1.82, 2.24) is 0 Å². The number of benzene rings is 8. The standard InChI is InChI=1S/C54H42Br6O12.2C8H10/c1-25(61)67-49-31-7-33-15-44(56)17-35(50(33)68-26(2)62)9-37-19-46(58)21-39(52(37)70-28(4)64)11-41-23-48(60)24-42(54(41)72-30(6)66)12-40-22-47(59)20-38(53(40)71-29(5)65)10-36-18-45(57)16-34(51(36)69-27(3)63)8-32(49)14-43(55)13-31;2*1-7-4-3-5-8(2)6-7/h13-24H,7-12H2,1-6H3;2*3-6H,1-2H3. The number of rotatable bonds is 6. The first-order chi connectivity index (χ1) is 41.6. The molecule has 0 atom stereocenters. The molecule has 0 fully saturated rings. The van der Waals surface area contributed by atoms with Gasteiger partial charge in [-0.3, -0.25) is 28.8 Å². The van der Waals surface area contributed by atoms with Crippen molar-refractivity contribution in [2.45, 2.75) is 108 Å². The number of hydrogen-bond donors (Lipinski definition) is 0. The van der Waals surface area contributed by atoms with Gasteiger partial charge < -0.3 is 28.4 Å². The molecule has 0 spiro atoms. The van der Waals surface area contributed by atoms with E-state index in [9.17, 15) is 28.8 Å². The second-order valence-electron chi connectivity index (χ2n) is 21.3. The molecule has 0 heterocycles. The highest BCUT2D eigenvalue weighted by Gasteiger charge is 2.27. The zero-order valence-corrected chi connectivity index (χ0v) is 59.5. The van der Waals surface area contributed by atoms with Crippen molar-refractivity contribution in [3.63, 3.8) is 0 Å². The number of aryl methyl sites for hydroxylation is 4. The minimum absolute atomic E-state index is 0.0828. The molecule has 8 aromatic carbocycles. The van der Waals surface area contributed by atoms with Crippen LogP contribution in [0.2, 0.25) is 0 Å². The van der Waals surface area contributed by atoms with Crippen LogP contribution >= 0.6 is 95.6 Å². The molecular formula is C70H62Br6O12. The van der Waals surface area contributed by atoms with E-state index in [4.69, 9.17) is 28.4 Å². The first-order valence-corrected chi connectivity index (χ1v) is 32.4. The van der Waals surface area contributed by atoms with Crippen molar-refractivity contribution in [3.8, 4) is 34.5 Å². The number of hydrogen-bond acceptors (Lipinski definition) is 12. The summed E-state index contributed by atoms with van der Waals surface area (Å²) in [4.78, 5) is 78.0. The summed E-state index contributed by atoms with van der Waals surface area (Å²) in [6, 6.07) is 38.6. The van der Waals surface area contributed by atoms with E-state index >= 15 is 0 Å². The van der Waals surface area contributed by atoms with Gasteiger partial charge in [-0.2, -0.15) is 0 Å². The molecule has 12 bridgehead atoms. The Morgan fingerprint density at radius 3 is 0.466 bits per heavy atom. The van der Waals surface area contributed by atoms with Crippen LogP contribution in [0.25, 0.3) is 0 Å². The van der Waals surface area contributed by atoms with E-state index in [0.717, 1.165) is 0 Å². The Morgan fingerprint density at radius 1 is 0.250 bits per heavy atom. The largest absolute Gasteiger partial charge is 0.426 e. The monoisotopic (exact) mass is 1570 g/mol. The van der Waals surface area contributed by atoms with E-state index in [1.807, 2.05) is 72.8 Å². The number of carbonyl (C=O) groups excluding carboxylic acids is 6. The van der Waals surface area contributed by atoms with Gasteiger partial charge in [0.15, 0.2) is 0 Å². The Kier molecular flexibility index (Phi) is 24.5. The second-order valence-corrected chi connectivity index (χ2v) is 26.8. The number of carbonyl (C=O) groups is 6. The van der Waals surface area contributed by atoms with Gasteiger partial charge in [-0.25, -0.2) is 0 Å². The van der Waals surface area contributed by atoms with Crippen LogP contribution in [0.15, 0.2) is 148 Å². The van der Waals surface area contributed by atoms with Gasteiger partial charge >= 0.3 is 35.8 Å². The Balaban J connectivity index is 0.000000596. The van der Waals surface area contributed by atoms with Crippen LogP contribution < -0.4 is 28.4 Å². The van der Waals surface area contributed by atoms with Gasteiger partial charge in [-0.05, 0) is 100 Å².